The molecule has 6 nitrogen and oxygen atoms in total. The van der Waals surface area contributed by atoms with E-state index in [1.807, 2.05) is 41.3 Å². The minimum absolute atomic E-state index is 0.213. The van der Waals surface area contributed by atoms with Crippen LogP contribution in [0, 0.1) is 0 Å². The molecule has 4 rings (SSSR count). The van der Waals surface area contributed by atoms with Crippen LogP contribution in [0.5, 0.6) is 17.2 Å². The minimum Gasteiger partial charge on any atom is -0.494 e. The molecule has 0 radical (unpaired) electrons. The summed E-state index contributed by atoms with van der Waals surface area (Å²) in [5.41, 5.74) is 1.21. The first kappa shape index (κ1) is 20.0. The summed E-state index contributed by atoms with van der Waals surface area (Å²) in [7, 11) is 0. The summed E-state index contributed by atoms with van der Waals surface area (Å²) in [6.45, 7) is 5.02. The van der Waals surface area contributed by atoms with E-state index >= 15 is 0 Å². The summed E-state index contributed by atoms with van der Waals surface area (Å²) in [5.74, 6) is 2.67. The van der Waals surface area contributed by atoms with Gasteiger partial charge in [0, 0.05) is 43.6 Å². The number of ether oxygens (including phenoxy) is 3. The van der Waals surface area contributed by atoms with Gasteiger partial charge in [-0.15, -0.1) is 0 Å². The molecule has 7 heteroatoms. The van der Waals surface area contributed by atoms with E-state index in [9.17, 15) is 4.79 Å². The molecular weight excluding hydrogens is 436 g/mol. The normalized spacial score (nSPS) is 16.1. The Balaban J connectivity index is 1.16. The Morgan fingerprint density at radius 2 is 1.86 bits per heavy atom. The van der Waals surface area contributed by atoms with Crippen LogP contribution in [0.25, 0.3) is 0 Å². The number of halogens is 1. The summed E-state index contributed by atoms with van der Waals surface area (Å²) in [6.07, 6.45) is 1.25. The molecule has 154 valence electrons. The number of piperazine rings is 1. The summed E-state index contributed by atoms with van der Waals surface area (Å²) < 4.78 is 17.5. The first-order valence-electron chi connectivity index (χ1n) is 9.94. The second-order valence-electron chi connectivity index (χ2n) is 7.25. The maximum absolute atomic E-state index is 12.5. The van der Waals surface area contributed by atoms with E-state index in [2.05, 4.69) is 26.9 Å². The average molecular weight is 461 g/mol. The van der Waals surface area contributed by atoms with Crippen molar-refractivity contribution in [2.45, 2.75) is 19.4 Å². The summed E-state index contributed by atoms with van der Waals surface area (Å²) in [5, 5.41) is 0. The third kappa shape index (κ3) is 5.42. The maximum atomic E-state index is 12.5. The Bertz CT molecular complexity index is 852. The van der Waals surface area contributed by atoms with Crippen molar-refractivity contribution in [1.29, 1.82) is 0 Å². The highest BCUT2D eigenvalue weighted by molar-refractivity contribution is 9.10. The number of carbonyl (C=O) groups is 1. The van der Waals surface area contributed by atoms with Gasteiger partial charge in [-0.2, -0.15) is 0 Å². The number of nitrogens with zero attached hydrogens (tertiary/aromatic N) is 2. The molecule has 0 atom stereocenters. The molecule has 0 unspecified atom stereocenters. The highest BCUT2D eigenvalue weighted by Gasteiger charge is 2.21. The van der Waals surface area contributed by atoms with E-state index in [0.29, 0.717) is 19.8 Å². The van der Waals surface area contributed by atoms with Gasteiger partial charge in [-0.3, -0.25) is 9.69 Å². The molecule has 2 aromatic rings. The summed E-state index contributed by atoms with van der Waals surface area (Å²) in [6, 6.07) is 13.8. The Kier molecular flexibility index (Phi) is 6.56. The van der Waals surface area contributed by atoms with E-state index in [1.54, 1.807) is 0 Å². The quantitative estimate of drug-likeness (QED) is 0.589. The van der Waals surface area contributed by atoms with Crippen LogP contribution in [0.4, 0.5) is 0 Å². The number of benzene rings is 2. The number of hydrogen-bond acceptors (Lipinski definition) is 5. The lowest BCUT2D eigenvalue weighted by atomic mass is 10.1. The SMILES string of the molecule is O=C(CCCOc1cccc(Br)c1)N1CCN(Cc2ccc3c(c2)OCO3)CC1. The highest BCUT2D eigenvalue weighted by Crippen LogP contribution is 2.32. The zero-order chi connectivity index (χ0) is 20.1. The van der Waals surface area contributed by atoms with Crippen LogP contribution in [0.3, 0.4) is 0 Å². The van der Waals surface area contributed by atoms with Crippen molar-refractivity contribution in [2.75, 3.05) is 39.6 Å². The van der Waals surface area contributed by atoms with Crippen molar-refractivity contribution < 1.29 is 19.0 Å². The molecule has 29 heavy (non-hydrogen) atoms. The first-order valence-corrected chi connectivity index (χ1v) is 10.7. The molecule has 1 saturated heterocycles. The zero-order valence-electron chi connectivity index (χ0n) is 16.3. The number of amides is 1. The lowest BCUT2D eigenvalue weighted by molar-refractivity contribution is -0.133. The number of hydrogen-bond donors (Lipinski definition) is 0. The first-order chi connectivity index (χ1) is 14.2. The lowest BCUT2D eigenvalue weighted by Crippen LogP contribution is -2.48. The summed E-state index contributed by atoms with van der Waals surface area (Å²) >= 11 is 3.43. The molecule has 2 heterocycles. The molecule has 2 aliphatic heterocycles. The Labute approximate surface area is 179 Å². The van der Waals surface area contributed by atoms with Gasteiger partial charge in [0.05, 0.1) is 6.61 Å². The molecule has 0 N–H and O–H groups in total. The smallest absolute Gasteiger partial charge is 0.231 e. The van der Waals surface area contributed by atoms with Gasteiger partial charge in [0.15, 0.2) is 11.5 Å². The van der Waals surface area contributed by atoms with Crippen LogP contribution in [-0.2, 0) is 11.3 Å². The number of rotatable bonds is 7. The van der Waals surface area contributed by atoms with E-state index in [4.69, 9.17) is 14.2 Å². The van der Waals surface area contributed by atoms with Crippen molar-refractivity contribution in [2.24, 2.45) is 0 Å². The number of fused-ring (bicyclic) bond motifs is 1. The second kappa shape index (κ2) is 9.50. The predicted octanol–water partition coefficient (Wildman–Crippen LogP) is 3.68. The molecule has 2 aliphatic rings. The lowest BCUT2D eigenvalue weighted by Gasteiger charge is -2.34. The fraction of sp³-hybridized carbons (Fsp3) is 0.409. The Morgan fingerprint density at radius 3 is 2.69 bits per heavy atom. The van der Waals surface area contributed by atoms with Gasteiger partial charge in [-0.1, -0.05) is 28.1 Å². The van der Waals surface area contributed by atoms with Crippen LogP contribution >= 0.6 is 15.9 Å². The molecule has 0 saturated carbocycles. The van der Waals surface area contributed by atoms with Crippen molar-refractivity contribution in [1.82, 2.24) is 9.80 Å². The molecule has 1 fully saturated rings. The van der Waals surface area contributed by atoms with E-state index in [-0.39, 0.29) is 5.91 Å². The van der Waals surface area contributed by atoms with Gasteiger partial charge in [-0.05, 0) is 42.3 Å². The van der Waals surface area contributed by atoms with Crippen LogP contribution in [0.15, 0.2) is 46.9 Å². The maximum Gasteiger partial charge on any atom is 0.231 e. The third-order valence-electron chi connectivity index (χ3n) is 5.17. The van der Waals surface area contributed by atoms with Crippen LogP contribution in [0.2, 0.25) is 0 Å². The topological polar surface area (TPSA) is 51.2 Å². The monoisotopic (exact) mass is 460 g/mol. The molecule has 2 aromatic carbocycles. The zero-order valence-corrected chi connectivity index (χ0v) is 17.9. The van der Waals surface area contributed by atoms with E-state index in [1.165, 1.54) is 5.56 Å². The van der Waals surface area contributed by atoms with Gasteiger partial charge < -0.3 is 19.1 Å². The second-order valence-corrected chi connectivity index (χ2v) is 8.17. The molecule has 0 spiro atoms. The summed E-state index contributed by atoms with van der Waals surface area (Å²) in [4.78, 5) is 16.8. The third-order valence-corrected chi connectivity index (χ3v) is 5.66. The van der Waals surface area contributed by atoms with Gasteiger partial charge in [0.1, 0.15) is 5.75 Å². The Hall–Kier alpha value is -2.25. The largest absolute Gasteiger partial charge is 0.494 e. The van der Waals surface area contributed by atoms with Crippen LogP contribution < -0.4 is 14.2 Å². The van der Waals surface area contributed by atoms with E-state index < -0.39 is 0 Å². The highest BCUT2D eigenvalue weighted by atomic mass is 79.9. The molecule has 0 aromatic heterocycles. The van der Waals surface area contributed by atoms with Gasteiger partial charge in [-0.25, -0.2) is 0 Å². The molecule has 1 amide bonds. The van der Waals surface area contributed by atoms with Crippen molar-refractivity contribution in [3.63, 3.8) is 0 Å². The predicted molar refractivity (Wildman–Crippen MR) is 113 cm³/mol. The van der Waals surface area contributed by atoms with Gasteiger partial charge in [0.2, 0.25) is 12.7 Å². The van der Waals surface area contributed by atoms with Gasteiger partial charge in [0.25, 0.3) is 0 Å². The minimum atomic E-state index is 0.213. The van der Waals surface area contributed by atoms with Crippen LogP contribution in [-0.4, -0.2) is 55.3 Å². The van der Waals surface area contributed by atoms with Crippen molar-refractivity contribution in [3.8, 4) is 17.2 Å². The number of carbonyl (C=O) groups excluding carboxylic acids is 1. The van der Waals surface area contributed by atoms with E-state index in [0.717, 1.165) is 60.9 Å². The molecule has 0 aliphatic carbocycles. The van der Waals surface area contributed by atoms with Crippen molar-refractivity contribution in [3.05, 3.63) is 52.5 Å². The van der Waals surface area contributed by atoms with Crippen LogP contribution in [0.1, 0.15) is 18.4 Å². The molecule has 0 bridgehead atoms. The fourth-order valence-electron chi connectivity index (χ4n) is 3.58. The standard InChI is InChI=1S/C22H25BrN2O4/c23-18-3-1-4-19(14-18)27-12-2-5-22(26)25-10-8-24(9-11-25)15-17-6-7-20-21(13-17)29-16-28-20/h1,3-4,6-7,13-14H,2,5,8-12,15-16H2. The average Bonchev–Trinajstić information content (AvgIpc) is 3.19. The molecular formula is C22H25BrN2O4. The van der Waals surface area contributed by atoms with Gasteiger partial charge >= 0.3 is 0 Å². The Morgan fingerprint density at radius 1 is 1.03 bits per heavy atom. The van der Waals surface area contributed by atoms with Crippen molar-refractivity contribution >= 4 is 21.8 Å². The fourth-order valence-corrected chi connectivity index (χ4v) is 3.96.